The predicted octanol–water partition coefficient (Wildman–Crippen LogP) is 2.70. The molecule has 2 aromatic rings. The monoisotopic (exact) mass is 360 g/mol. The molecule has 5 nitrogen and oxygen atoms in total. The van der Waals surface area contributed by atoms with Crippen LogP contribution in [0.5, 0.6) is 0 Å². The molecule has 1 saturated heterocycles. The van der Waals surface area contributed by atoms with E-state index in [9.17, 15) is 9.90 Å². The van der Waals surface area contributed by atoms with E-state index in [0.29, 0.717) is 16.8 Å². The molecule has 1 aliphatic heterocycles. The highest BCUT2D eigenvalue weighted by molar-refractivity contribution is 5.78. The Kier molecular flexibility index (Phi) is 5.90. The third kappa shape index (κ3) is 4.75. The van der Waals surface area contributed by atoms with Crippen molar-refractivity contribution in [2.45, 2.75) is 25.4 Å². The molecule has 1 aliphatic rings. The van der Waals surface area contributed by atoms with Crippen molar-refractivity contribution in [2.24, 2.45) is 0 Å². The van der Waals surface area contributed by atoms with Gasteiger partial charge in [0, 0.05) is 12.2 Å². The molecule has 0 bridgehead atoms. The van der Waals surface area contributed by atoms with Crippen molar-refractivity contribution in [2.75, 3.05) is 18.4 Å². The zero-order valence-electron chi connectivity index (χ0n) is 15.1. The molecular weight excluding hydrogens is 338 g/mol. The minimum atomic E-state index is -1.20. The summed E-state index contributed by atoms with van der Waals surface area (Å²) < 4.78 is 0. The van der Waals surface area contributed by atoms with Crippen LogP contribution < -0.4 is 10.4 Å². The Morgan fingerprint density at radius 3 is 2.56 bits per heavy atom. The molecule has 1 N–H and O–H groups in total. The second-order valence-electron chi connectivity index (χ2n) is 6.78. The molecule has 5 heteroatoms. The van der Waals surface area contributed by atoms with Gasteiger partial charge in [-0.15, -0.1) is 0 Å². The Morgan fingerprint density at radius 1 is 1.26 bits per heavy atom. The Labute approximate surface area is 159 Å². The Morgan fingerprint density at radius 2 is 1.96 bits per heavy atom. The van der Waals surface area contributed by atoms with Gasteiger partial charge in [0.1, 0.15) is 0 Å². The number of nitriles is 1. The maximum Gasteiger partial charge on any atom is 0.0991 e. The summed E-state index contributed by atoms with van der Waals surface area (Å²) >= 11 is 0. The highest BCUT2D eigenvalue weighted by Crippen LogP contribution is 2.24. The van der Waals surface area contributed by atoms with E-state index in [-0.39, 0.29) is 0 Å². The topological polar surface area (TPSA) is 79.2 Å². The second-order valence-corrected chi connectivity index (χ2v) is 6.78. The molecule has 138 valence electrons. The maximum atomic E-state index is 11.8. The van der Waals surface area contributed by atoms with Crippen LogP contribution in [0.25, 0.3) is 6.08 Å². The molecule has 1 heterocycles. The molecule has 1 atom stereocenters. The summed E-state index contributed by atoms with van der Waals surface area (Å²) in [5.74, 6) is -1.20. The summed E-state index contributed by atoms with van der Waals surface area (Å²) in [4.78, 5) is 14.2. The summed E-state index contributed by atoms with van der Waals surface area (Å²) in [6.07, 6.45) is 4.14. The van der Waals surface area contributed by atoms with Crippen LogP contribution >= 0.6 is 0 Å². The van der Waals surface area contributed by atoms with Crippen LogP contribution in [0, 0.1) is 11.3 Å². The molecule has 27 heavy (non-hydrogen) atoms. The van der Waals surface area contributed by atoms with Crippen molar-refractivity contribution in [1.82, 2.24) is 4.90 Å². The fourth-order valence-electron chi connectivity index (χ4n) is 3.41. The van der Waals surface area contributed by atoms with Gasteiger partial charge in [0.2, 0.25) is 0 Å². The Bertz CT molecular complexity index is 862. The number of carboxylic acids is 1. The molecule has 3 rings (SSSR count). The van der Waals surface area contributed by atoms with Gasteiger partial charge in [-0.1, -0.05) is 24.8 Å². The number of aliphatic carboxylic acids is 1. The van der Waals surface area contributed by atoms with Crippen molar-refractivity contribution in [3.8, 4) is 6.07 Å². The number of nitrogens with zero attached hydrogens (tertiary/aromatic N) is 2. The summed E-state index contributed by atoms with van der Waals surface area (Å²) in [5, 5.41) is 23.7. The molecule has 0 spiro atoms. The van der Waals surface area contributed by atoms with Crippen molar-refractivity contribution in [3.63, 3.8) is 0 Å². The standard InChI is InChI=1S/C22H23N3O2/c1-2-16-11-18(15-25-9-3-4-10-25)13-19(12-16)21(22(26)27)24-20-7-5-17(14-23)6-8-20/h2,5-8,11-13,21,24H,1,3-4,9-10,15H2,(H,26,27)/p-1. The number of rotatable bonds is 7. The first-order valence-corrected chi connectivity index (χ1v) is 9.05. The van der Waals surface area contributed by atoms with Crippen LogP contribution in [0.1, 0.15) is 41.1 Å². The lowest BCUT2D eigenvalue weighted by molar-refractivity contribution is -0.307. The maximum absolute atomic E-state index is 11.8. The molecule has 1 fully saturated rings. The fraction of sp³-hybridized carbons (Fsp3) is 0.273. The number of hydrogen-bond acceptors (Lipinski definition) is 5. The highest BCUT2D eigenvalue weighted by atomic mass is 16.4. The molecule has 0 radical (unpaired) electrons. The van der Waals surface area contributed by atoms with Crippen molar-refractivity contribution < 1.29 is 9.90 Å². The van der Waals surface area contributed by atoms with Crippen LogP contribution in [0.15, 0.2) is 49.0 Å². The van der Waals surface area contributed by atoms with Gasteiger partial charge in [-0.2, -0.15) is 5.26 Å². The smallest absolute Gasteiger partial charge is 0.0991 e. The average molecular weight is 360 g/mol. The lowest BCUT2D eigenvalue weighted by Gasteiger charge is -2.23. The number of carbonyl (C=O) groups excluding carboxylic acids is 1. The zero-order chi connectivity index (χ0) is 19.2. The van der Waals surface area contributed by atoms with E-state index in [2.05, 4.69) is 16.8 Å². The van der Waals surface area contributed by atoms with Gasteiger partial charge in [-0.05, 0) is 73.0 Å². The molecule has 0 saturated carbocycles. The number of nitrogens with one attached hydrogen (secondary N) is 1. The minimum absolute atomic E-state index is 0.520. The van der Waals surface area contributed by atoms with Crippen LogP contribution in [-0.2, 0) is 11.3 Å². The van der Waals surface area contributed by atoms with Crippen LogP contribution in [0.2, 0.25) is 0 Å². The quantitative estimate of drug-likeness (QED) is 0.821. The van der Waals surface area contributed by atoms with Crippen molar-refractivity contribution in [3.05, 3.63) is 71.3 Å². The molecule has 0 aliphatic carbocycles. The summed E-state index contributed by atoms with van der Waals surface area (Å²) in [7, 11) is 0. The first-order valence-electron chi connectivity index (χ1n) is 9.05. The Hall–Kier alpha value is -3.10. The van der Waals surface area contributed by atoms with Crippen LogP contribution in [-0.4, -0.2) is 24.0 Å². The normalized spacial score (nSPS) is 15.1. The SMILES string of the molecule is C=Cc1cc(CN2CCCC2)cc(C(Nc2ccc(C#N)cc2)C(=O)[O-])c1. The van der Waals surface area contributed by atoms with Gasteiger partial charge < -0.3 is 15.2 Å². The average Bonchev–Trinajstić information content (AvgIpc) is 3.19. The van der Waals surface area contributed by atoms with E-state index in [0.717, 1.165) is 30.8 Å². The summed E-state index contributed by atoms with van der Waals surface area (Å²) in [5.41, 5.74) is 3.72. The van der Waals surface area contributed by atoms with E-state index < -0.39 is 12.0 Å². The van der Waals surface area contributed by atoms with E-state index in [1.54, 1.807) is 30.3 Å². The van der Waals surface area contributed by atoms with Crippen molar-refractivity contribution in [1.29, 1.82) is 5.26 Å². The van der Waals surface area contributed by atoms with E-state index >= 15 is 0 Å². The fourth-order valence-corrected chi connectivity index (χ4v) is 3.41. The highest BCUT2D eigenvalue weighted by Gasteiger charge is 2.17. The predicted molar refractivity (Wildman–Crippen MR) is 104 cm³/mol. The van der Waals surface area contributed by atoms with E-state index in [1.807, 2.05) is 24.3 Å². The molecule has 2 aromatic carbocycles. The third-order valence-electron chi connectivity index (χ3n) is 4.77. The first kappa shape index (κ1) is 18.7. The number of likely N-dealkylation sites (tertiary alicyclic amines) is 1. The molecule has 0 amide bonds. The number of carbonyl (C=O) groups is 1. The van der Waals surface area contributed by atoms with Gasteiger partial charge >= 0.3 is 0 Å². The second kappa shape index (κ2) is 8.52. The number of benzene rings is 2. The van der Waals surface area contributed by atoms with Gasteiger partial charge in [0.25, 0.3) is 0 Å². The summed E-state index contributed by atoms with van der Waals surface area (Å²) in [6, 6.07) is 13.5. The molecule has 1 unspecified atom stereocenters. The van der Waals surface area contributed by atoms with E-state index in [4.69, 9.17) is 5.26 Å². The van der Waals surface area contributed by atoms with Crippen molar-refractivity contribution >= 4 is 17.7 Å². The lowest BCUT2D eigenvalue weighted by Crippen LogP contribution is -2.34. The van der Waals surface area contributed by atoms with Gasteiger partial charge in [0.15, 0.2) is 0 Å². The van der Waals surface area contributed by atoms with E-state index in [1.165, 1.54) is 12.8 Å². The Balaban J connectivity index is 1.87. The van der Waals surface area contributed by atoms with Crippen LogP contribution in [0.3, 0.4) is 0 Å². The van der Waals surface area contributed by atoms with Gasteiger partial charge in [-0.3, -0.25) is 4.90 Å². The van der Waals surface area contributed by atoms with Gasteiger partial charge in [0.05, 0.1) is 23.6 Å². The van der Waals surface area contributed by atoms with Gasteiger partial charge in [-0.25, -0.2) is 0 Å². The zero-order valence-corrected chi connectivity index (χ0v) is 15.1. The number of carboxylic acid groups (broad SMARTS) is 1. The lowest BCUT2D eigenvalue weighted by atomic mass is 9.99. The first-order chi connectivity index (χ1) is 13.1. The summed E-state index contributed by atoms with van der Waals surface area (Å²) in [6.45, 7) is 6.76. The minimum Gasteiger partial charge on any atom is -0.548 e. The number of anilines is 1. The molecule has 0 aromatic heterocycles. The number of hydrogen-bond donors (Lipinski definition) is 1. The van der Waals surface area contributed by atoms with Crippen LogP contribution in [0.4, 0.5) is 5.69 Å². The molecular formula is C22H22N3O2-. The largest absolute Gasteiger partial charge is 0.548 e. The third-order valence-corrected chi connectivity index (χ3v) is 4.77.